The van der Waals surface area contributed by atoms with E-state index in [0.29, 0.717) is 5.92 Å². The van der Waals surface area contributed by atoms with E-state index >= 15 is 0 Å². The molecule has 0 saturated heterocycles. The zero-order valence-corrected chi connectivity index (χ0v) is 7.78. The molecule has 2 unspecified atom stereocenters. The number of aryl methyl sites for hydroxylation is 1. The van der Waals surface area contributed by atoms with Gasteiger partial charge in [0, 0.05) is 31.4 Å². The molecule has 1 saturated carbocycles. The maximum atomic E-state index is 5.95. The van der Waals surface area contributed by atoms with Crippen LogP contribution in [0.1, 0.15) is 25.6 Å². The number of nitrogens with two attached hydrogens (primary N) is 1. The van der Waals surface area contributed by atoms with Crippen molar-refractivity contribution in [3.63, 3.8) is 0 Å². The summed E-state index contributed by atoms with van der Waals surface area (Å²) in [6.45, 7) is 4.38. The summed E-state index contributed by atoms with van der Waals surface area (Å²) < 4.78 is 2.05. The van der Waals surface area contributed by atoms with Crippen molar-refractivity contribution in [2.24, 2.45) is 18.2 Å². The highest BCUT2D eigenvalue weighted by Gasteiger charge is 2.58. The molecule has 2 rings (SSSR count). The third-order valence-electron chi connectivity index (χ3n) is 3.05. The van der Waals surface area contributed by atoms with Gasteiger partial charge in [-0.2, -0.15) is 0 Å². The highest BCUT2D eigenvalue weighted by Crippen LogP contribution is 2.56. The fraction of sp³-hybridized carbons (Fsp3) is 0.667. The number of hydrogen-bond donors (Lipinski definition) is 1. The molecule has 12 heavy (non-hydrogen) atoms. The minimum atomic E-state index is 0.235. The lowest BCUT2D eigenvalue weighted by molar-refractivity contribution is 0.584. The van der Waals surface area contributed by atoms with Crippen molar-refractivity contribution in [3.05, 3.63) is 18.2 Å². The summed E-state index contributed by atoms with van der Waals surface area (Å²) in [5.74, 6) is 1.56. The second kappa shape index (κ2) is 2.10. The Morgan fingerprint density at radius 2 is 2.17 bits per heavy atom. The molecule has 1 aromatic heterocycles. The van der Waals surface area contributed by atoms with Crippen LogP contribution in [0.5, 0.6) is 0 Å². The SMILES string of the molecule is Cn1ccnc1C1C(N)C1(C)C. The van der Waals surface area contributed by atoms with Crippen LogP contribution in [0.25, 0.3) is 0 Å². The lowest BCUT2D eigenvalue weighted by atomic mass is 10.1. The predicted molar refractivity (Wildman–Crippen MR) is 47.7 cm³/mol. The van der Waals surface area contributed by atoms with Gasteiger partial charge >= 0.3 is 0 Å². The molecule has 0 radical (unpaired) electrons. The molecule has 1 fully saturated rings. The Hall–Kier alpha value is -0.830. The lowest BCUT2D eigenvalue weighted by Crippen LogP contribution is -2.07. The molecule has 0 amide bonds. The fourth-order valence-corrected chi connectivity index (χ4v) is 1.85. The maximum absolute atomic E-state index is 5.95. The van der Waals surface area contributed by atoms with Gasteiger partial charge in [-0.15, -0.1) is 0 Å². The molecule has 3 nitrogen and oxygen atoms in total. The van der Waals surface area contributed by atoms with Crippen LogP contribution < -0.4 is 5.73 Å². The van der Waals surface area contributed by atoms with Gasteiger partial charge in [-0.3, -0.25) is 0 Å². The van der Waals surface area contributed by atoms with Gasteiger partial charge in [0.1, 0.15) is 5.82 Å². The third kappa shape index (κ3) is 0.829. The van der Waals surface area contributed by atoms with E-state index in [1.807, 2.05) is 19.4 Å². The van der Waals surface area contributed by atoms with E-state index in [0.717, 1.165) is 5.82 Å². The van der Waals surface area contributed by atoms with Crippen molar-refractivity contribution >= 4 is 0 Å². The van der Waals surface area contributed by atoms with Crippen molar-refractivity contribution in [1.29, 1.82) is 0 Å². The number of imidazole rings is 1. The fourth-order valence-electron chi connectivity index (χ4n) is 1.85. The Balaban J connectivity index is 2.30. The van der Waals surface area contributed by atoms with E-state index in [9.17, 15) is 0 Å². The second-order valence-corrected chi connectivity index (χ2v) is 4.22. The molecule has 2 N–H and O–H groups in total. The largest absolute Gasteiger partial charge is 0.338 e. The number of aromatic nitrogens is 2. The van der Waals surface area contributed by atoms with Gasteiger partial charge in [0.2, 0.25) is 0 Å². The third-order valence-corrected chi connectivity index (χ3v) is 3.05. The second-order valence-electron chi connectivity index (χ2n) is 4.22. The lowest BCUT2D eigenvalue weighted by Gasteiger charge is -2.01. The first kappa shape index (κ1) is 7.80. The van der Waals surface area contributed by atoms with E-state index in [-0.39, 0.29) is 11.5 Å². The van der Waals surface area contributed by atoms with Crippen molar-refractivity contribution in [2.75, 3.05) is 0 Å². The van der Waals surface area contributed by atoms with E-state index in [2.05, 4.69) is 23.4 Å². The average molecular weight is 165 g/mol. The summed E-state index contributed by atoms with van der Waals surface area (Å²) in [5.41, 5.74) is 6.19. The van der Waals surface area contributed by atoms with Gasteiger partial charge in [-0.05, 0) is 5.41 Å². The van der Waals surface area contributed by atoms with Gasteiger partial charge in [0.05, 0.1) is 0 Å². The molecule has 66 valence electrons. The van der Waals surface area contributed by atoms with Crippen LogP contribution in [-0.2, 0) is 7.05 Å². The molecule has 0 aromatic carbocycles. The monoisotopic (exact) mass is 165 g/mol. The highest BCUT2D eigenvalue weighted by atomic mass is 15.1. The summed E-state index contributed by atoms with van der Waals surface area (Å²) in [4.78, 5) is 4.31. The normalized spacial score (nSPS) is 32.0. The summed E-state index contributed by atoms with van der Waals surface area (Å²) in [6.07, 6.45) is 3.80. The molecule has 0 spiro atoms. The standard InChI is InChI=1S/C9H15N3/c1-9(2)6(7(9)10)8-11-4-5-12(8)3/h4-7H,10H2,1-3H3. The van der Waals surface area contributed by atoms with Crippen LogP contribution in [0.3, 0.4) is 0 Å². The van der Waals surface area contributed by atoms with Gasteiger partial charge < -0.3 is 10.3 Å². The van der Waals surface area contributed by atoms with Crippen molar-refractivity contribution in [2.45, 2.75) is 25.8 Å². The zero-order chi connectivity index (χ0) is 8.93. The molecule has 0 aliphatic heterocycles. The molecule has 1 heterocycles. The molecular weight excluding hydrogens is 150 g/mol. The Kier molecular flexibility index (Phi) is 1.37. The first-order valence-corrected chi connectivity index (χ1v) is 4.28. The molecule has 0 bridgehead atoms. The molecule has 1 aliphatic rings. The molecular formula is C9H15N3. The minimum absolute atomic E-state index is 0.235. The molecule has 1 aromatic rings. The predicted octanol–water partition coefficient (Wildman–Crippen LogP) is 0.871. The Bertz CT molecular complexity index is 300. The van der Waals surface area contributed by atoms with E-state index < -0.39 is 0 Å². The maximum Gasteiger partial charge on any atom is 0.113 e. The van der Waals surface area contributed by atoms with Crippen molar-refractivity contribution in [1.82, 2.24) is 9.55 Å². The number of hydrogen-bond acceptors (Lipinski definition) is 2. The molecule has 2 atom stereocenters. The van der Waals surface area contributed by atoms with E-state index in [1.54, 1.807) is 0 Å². The van der Waals surface area contributed by atoms with Crippen molar-refractivity contribution < 1.29 is 0 Å². The summed E-state index contributed by atoms with van der Waals surface area (Å²) in [5, 5.41) is 0. The van der Waals surface area contributed by atoms with Crippen LogP contribution in [0.4, 0.5) is 0 Å². The summed E-state index contributed by atoms with van der Waals surface area (Å²) in [7, 11) is 2.02. The number of rotatable bonds is 1. The Morgan fingerprint density at radius 3 is 2.50 bits per heavy atom. The smallest absolute Gasteiger partial charge is 0.113 e. The number of nitrogens with zero attached hydrogens (tertiary/aromatic N) is 2. The van der Waals surface area contributed by atoms with E-state index in [4.69, 9.17) is 5.73 Å². The minimum Gasteiger partial charge on any atom is -0.338 e. The van der Waals surface area contributed by atoms with Gasteiger partial charge in [0.25, 0.3) is 0 Å². The van der Waals surface area contributed by atoms with Crippen LogP contribution in [0.15, 0.2) is 12.4 Å². The van der Waals surface area contributed by atoms with Crippen LogP contribution >= 0.6 is 0 Å². The summed E-state index contributed by atoms with van der Waals surface area (Å²) in [6, 6.07) is 0.276. The first-order chi connectivity index (χ1) is 5.55. The highest BCUT2D eigenvalue weighted by molar-refractivity contribution is 5.25. The van der Waals surface area contributed by atoms with Crippen LogP contribution in [0, 0.1) is 5.41 Å². The average Bonchev–Trinajstić information content (AvgIpc) is 2.39. The topological polar surface area (TPSA) is 43.8 Å². The molecule has 1 aliphatic carbocycles. The molecule has 3 heteroatoms. The Labute approximate surface area is 72.6 Å². The van der Waals surface area contributed by atoms with Gasteiger partial charge in [-0.1, -0.05) is 13.8 Å². The summed E-state index contributed by atoms with van der Waals surface area (Å²) >= 11 is 0. The van der Waals surface area contributed by atoms with Gasteiger partial charge in [-0.25, -0.2) is 4.98 Å². The van der Waals surface area contributed by atoms with Crippen LogP contribution in [-0.4, -0.2) is 15.6 Å². The zero-order valence-electron chi connectivity index (χ0n) is 7.78. The Morgan fingerprint density at radius 1 is 1.58 bits per heavy atom. The van der Waals surface area contributed by atoms with Crippen LogP contribution in [0.2, 0.25) is 0 Å². The van der Waals surface area contributed by atoms with Crippen molar-refractivity contribution in [3.8, 4) is 0 Å². The quantitative estimate of drug-likeness (QED) is 0.671. The first-order valence-electron chi connectivity index (χ1n) is 4.28. The van der Waals surface area contributed by atoms with E-state index in [1.165, 1.54) is 0 Å². The van der Waals surface area contributed by atoms with Gasteiger partial charge in [0.15, 0.2) is 0 Å².